The monoisotopic (exact) mass is 343 g/mol. The van der Waals surface area contributed by atoms with Gasteiger partial charge in [-0.2, -0.15) is 5.10 Å². The Bertz CT molecular complexity index is 700. The highest BCUT2D eigenvalue weighted by molar-refractivity contribution is 5.80. The van der Waals surface area contributed by atoms with Gasteiger partial charge in [-0.3, -0.25) is 9.48 Å². The molecule has 0 radical (unpaired) electrons. The zero-order chi connectivity index (χ0) is 17.6. The Morgan fingerprint density at radius 2 is 2.16 bits per heavy atom. The first-order valence-corrected chi connectivity index (χ1v) is 8.69. The van der Waals surface area contributed by atoms with Crippen LogP contribution >= 0.6 is 0 Å². The SMILES string of the molecule is COc1ccc(CC(=O)N2CCCC[C@H]2Cn2cccn2)c(OC)c1. The number of ether oxygens (including phenoxy) is 2. The summed E-state index contributed by atoms with van der Waals surface area (Å²) in [6.45, 7) is 1.56. The summed E-state index contributed by atoms with van der Waals surface area (Å²) in [7, 11) is 3.23. The van der Waals surface area contributed by atoms with E-state index in [-0.39, 0.29) is 11.9 Å². The van der Waals surface area contributed by atoms with Gasteiger partial charge >= 0.3 is 0 Å². The molecule has 6 heteroatoms. The van der Waals surface area contributed by atoms with Gasteiger partial charge in [0.15, 0.2) is 0 Å². The van der Waals surface area contributed by atoms with Crippen molar-refractivity contribution in [3.63, 3.8) is 0 Å². The molecule has 0 unspecified atom stereocenters. The van der Waals surface area contributed by atoms with Crippen molar-refractivity contribution in [2.24, 2.45) is 0 Å². The van der Waals surface area contributed by atoms with E-state index in [1.54, 1.807) is 20.4 Å². The van der Waals surface area contributed by atoms with E-state index in [1.807, 2.05) is 40.0 Å². The fraction of sp³-hybridized carbons (Fsp3) is 0.474. The van der Waals surface area contributed by atoms with Gasteiger partial charge in [-0.05, 0) is 31.4 Å². The predicted octanol–water partition coefficient (Wildman–Crippen LogP) is 2.52. The van der Waals surface area contributed by atoms with Gasteiger partial charge in [-0.25, -0.2) is 0 Å². The van der Waals surface area contributed by atoms with Gasteiger partial charge in [0.1, 0.15) is 11.5 Å². The highest BCUT2D eigenvalue weighted by Gasteiger charge is 2.27. The molecule has 2 aromatic rings. The van der Waals surface area contributed by atoms with Crippen LogP contribution in [0.1, 0.15) is 24.8 Å². The quantitative estimate of drug-likeness (QED) is 0.809. The normalized spacial score (nSPS) is 17.4. The van der Waals surface area contributed by atoms with Crippen molar-refractivity contribution in [2.45, 2.75) is 38.3 Å². The molecule has 134 valence electrons. The molecule has 3 rings (SSSR count). The summed E-state index contributed by atoms with van der Waals surface area (Å²) >= 11 is 0. The van der Waals surface area contributed by atoms with Gasteiger partial charge in [-0.15, -0.1) is 0 Å². The van der Waals surface area contributed by atoms with Gasteiger partial charge < -0.3 is 14.4 Å². The summed E-state index contributed by atoms with van der Waals surface area (Å²) in [5, 5.41) is 4.28. The molecule has 0 bridgehead atoms. The molecule has 1 fully saturated rings. The van der Waals surface area contributed by atoms with E-state index in [0.29, 0.717) is 12.2 Å². The number of benzene rings is 1. The van der Waals surface area contributed by atoms with E-state index in [9.17, 15) is 4.79 Å². The molecule has 1 atom stereocenters. The maximum absolute atomic E-state index is 12.9. The Hall–Kier alpha value is -2.50. The molecule has 1 aromatic carbocycles. The fourth-order valence-electron chi connectivity index (χ4n) is 3.41. The molecule has 25 heavy (non-hydrogen) atoms. The standard InChI is InChI=1S/C19H25N3O3/c1-24-17-8-7-15(18(13-17)25-2)12-19(23)22-11-4-3-6-16(22)14-21-10-5-9-20-21/h5,7-10,13,16H,3-4,6,11-12,14H2,1-2H3/t16-/m0/s1. The van der Waals surface area contributed by atoms with Crippen molar-refractivity contribution in [3.8, 4) is 11.5 Å². The van der Waals surface area contributed by atoms with Crippen molar-refractivity contribution in [2.75, 3.05) is 20.8 Å². The fourth-order valence-corrected chi connectivity index (χ4v) is 3.41. The molecular weight excluding hydrogens is 318 g/mol. The molecule has 1 aliphatic rings. The number of hydrogen-bond acceptors (Lipinski definition) is 4. The lowest BCUT2D eigenvalue weighted by Crippen LogP contribution is -2.46. The van der Waals surface area contributed by atoms with Crippen LogP contribution in [0.3, 0.4) is 0 Å². The number of hydrogen-bond donors (Lipinski definition) is 0. The lowest BCUT2D eigenvalue weighted by atomic mass is 10.0. The number of aromatic nitrogens is 2. The van der Waals surface area contributed by atoms with Gasteiger partial charge in [0, 0.05) is 30.6 Å². The van der Waals surface area contributed by atoms with Crippen molar-refractivity contribution in [1.29, 1.82) is 0 Å². The lowest BCUT2D eigenvalue weighted by molar-refractivity contribution is -0.134. The number of likely N-dealkylation sites (tertiary alicyclic amines) is 1. The third kappa shape index (κ3) is 4.13. The minimum atomic E-state index is 0.139. The second-order valence-corrected chi connectivity index (χ2v) is 6.32. The number of amides is 1. The van der Waals surface area contributed by atoms with Crippen LogP contribution < -0.4 is 9.47 Å². The topological polar surface area (TPSA) is 56.6 Å². The van der Waals surface area contributed by atoms with E-state index in [1.165, 1.54) is 0 Å². The molecule has 2 heterocycles. The highest BCUT2D eigenvalue weighted by atomic mass is 16.5. The molecule has 0 saturated carbocycles. The third-order valence-corrected chi connectivity index (χ3v) is 4.74. The Morgan fingerprint density at radius 1 is 1.28 bits per heavy atom. The van der Waals surface area contributed by atoms with Crippen LogP contribution in [0, 0.1) is 0 Å². The largest absolute Gasteiger partial charge is 0.497 e. The van der Waals surface area contributed by atoms with Crippen molar-refractivity contribution < 1.29 is 14.3 Å². The van der Waals surface area contributed by atoms with E-state index >= 15 is 0 Å². The van der Waals surface area contributed by atoms with Crippen molar-refractivity contribution in [1.82, 2.24) is 14.7 Å². The second kappa shape index (κ2) is 8.05. The molecular formula is C19H25N3O3. The van der Waals surface area contributed by atoms with Crippen LogP contribution in [-0.2, 0) is 17.8 Å². The van der Waals surface area contributed by atoms with Crippen LogP contribution in [0.4, 0.5) is 0 Å². The van der Waals surface area contributed by atoms with Gasteiger partial charge in [0.2, 0.25) is 5.91 Å². The first-order valence-electron chi connectivity index (χ1n) is 8.69. The van der Waals surface area contributed by atoms with E-state index < -0.39 is 0 Å². The van der Waals surface area contributed by atoms with Crippen LogP contribution in [0.25, 0.3) is 0 Å². The van der Waals surface area contributed by atoms with Gasteiger partial charge in [0.05, 0.1) is 33.2 Å². The summed E-state index contributed by atoms with van der Waals surface area (Å²) in [5.41, 5.74) is 0.886. The lowest BCUT2D eigenvalue weighted by Gasteiger charge is -2.36. The zero-order valence-corrected chi connectivity index (χ0v) is 14.9. The molecule has 6 nitrogen and oxygen atoms in total. The smallest absolute Gasteiger partial charge is 0.227 e. The molecule has 0 spiro atoms. The van der Waals surface area contributed by atoms with Crippen LogP contribution in [0.2, 0.25) is 0 Å². The van der Waals surface area contributed by atoms with Crippen molar-refractivity contribution >= 4 is 5.91 Å². The Labute approximate surface area is 148 Å². The number of carbonyl (C=O) groups excluding carboxylic acids is 1. The number of carbonyl (C=O) groups is 1. The summed E-state index contributed by atoms with van der Waals surface area (Å²) < 4.78 is 12.6. The molecule has 1 amide bonds. The van der Waals surface area contributed by atoms with Crippen LogP contribution in [0.15, 0.2) is 36.7 Å². The average Bonchev–Trinajstić information content (AvgIpc) is 3.15. The molecule has 0 aliphatic carbocycles. The van der Waals surface area contributed by atoms with Crippen LogP contribution in [0.5, 0.6) is 11.5 Å². The van der Waals surface area contributed by atoms with E-state index in [4.69, 9.17) is 9.47 Å². The molecule has 1 aliphatic heterocycles. The maximum Gasteiger partial charge on any atom is 0.227 e. The van der Waals surface area contributed by atoms with E-state index in [2.05, 4.69) is 5.10 Å². The zero-order valence-electron chi connectivity index (χ0n) is 14.9. The summed E-state index contributed by atoms with van der Waals surface area (Å²) in [6, 6.07) is 7.70. The number of piperidine rings is 1. The summed E-state index contributed by atoms with van der Waals surface area (Å²) in [5.74, 6) is 1.55. The minimum absolute atomic E-state index is 0.139. The Balaban J connectivity index is 1.72. The first-order chi connectivity index (χ1) is 12.2. The predicted molar refractivity (Wildman–Crippen MR) is 94.8 cm³/mol. The van der Waals surface area contributed by atoms with E-state index in [0.717, 1.165) is 43.7 Å². The van der Waals surface area contributed by atoms with Crippen molar-refractivity contribution in [3.05, 3.63) is 42.2 Å². The van der Waals surface area contributed by atoms with Crippen LogP contribution in [-0.4, -0.2) is 47.4 Å². The summed E-state index contributed by atoms with van der Waals surface area (Å²) in [4.78, 5) is 14.9. The average molecular weight is 343 g/mol. The number of rotatable bonds is 6. The number of nitrogens with zero attached hydrogens (tertiary/aromatic N) is 3. The number of methoxy groups -OCH3 is 2. The van der Waals surface area contributed by atoms with Gasteiger partial charge in [-0.1, -0.05) is 6.07 Å². The molecule has 1 aromatic heterocycles. The third-order valence-electron chi connectivity index (χ3n) is 4.74. The van der Waals surface area contributed by atoms with Gasteiger partial charge in [0.25, 0.3) is 0 Å². The molecule has 0 N–H and O–H groups in total. The first kappa shape index (κ1) is 17.3. The Morgan fingerprint density at radius 3 is 2.88 bits per heavy atom. The molecule has 1 saturated heterocycles. The maximum atomic E-state index is 12.9. The summed E-state index contributed by atoms with van der Waals surface area (Å²) in [6.07, 6.45) is 7.29. The highest BCUT2D eigenvalue weighted by Crippen LogP contribution is 2.26. The minimum Gasteiger partial charge on any atom is -0.497 e. The Kier molecular flexibility index (Phi) is 5.58. The second-order valence-electron chi connectivity index (χ2n) is 6.32.